The number of nitrogens with zero attached hydrogens (tertiary/aromatic N) is 1. The molecule has 25 heavy (non-hydrogen) atoms. The number of carbonyl (C=O) groups excluding carboxylic acids is 1. The van der Waals surface area contributed by atoms with E-state index in [9.17, 15) is 4.79 Å². The summed E-state index contributed by atoms with van der Waals surface area (Å²) in [6, 6.07) is 12.1. The van der Waals surface area contributed by atoms with Crippen LogP contribution >= 0.6 is 0 Å². The second kappa shape index (κ2) is 8.32. The van der Waals surface area contributed by atoms with Crippen molar-refractivity contribution in [1.82, 2.24) is 10.2 Å². The van der Waals surface area contributed by atoms with Crippen LogP contribution < -0.4 is 5.32 Å². The SMILES string of the molecule is COCc1ccc(C(=O)NCCN2CCC(c3ccccc3C)C2)o1. The molecule has 0 bridgehead atoms. The lowest BCUT2D eigenvalue weighted by atomic mass is 9.94. The summed E-state index contributed by atoms with van der Waals surface area (Å²) in [6.07, 6.45) is 1.18. The molecule has 1 atom stereocenters. The van der Waals surface area contributed by atoms with Gasteiger partial charge in [0, 0.05) is 26.7 Å². The molecule has 1 saturated heterocycles. The van der Waals surface area contributed by atoms with Crippen molar-refractivity contribution in [2.24, 2.45) is 0 Å². The van der Waals surface area contributed by atoms with Gasteiger partial charge >= 0.3 is 0 Å². The first-order chi connectivity index (χ1) is 12.2. The molecule has 0 spiro atoms. The predicted octanol–water partition coefficient (Wildman–Crippen LogP) is 2.95. The molecule has 1 aromatic carbocycles. The number of methoxy groups -OCH3 is 1. The number of rotatable bonds is 7. The number of hydrogen-bond acceptors (Lipinski definition) is 4. The molecule has 1 aromatic heterocycles. The first kappa shape index (κ1) is 17.7. The van der Waals surface area contributed by atoms with Gasteiger partial charge in [0.15, 0.2) is 5.76 Å². The van der Waals surface area contributed by atoms with E-state index in [2.05, 4.69) is 41.4 Å². The van der Waals surface area contributed by atoms with Gasteiger partial charge in [-0.1, -0.05) is 24.3 Å². The fraction of sp³-hybridized carbons (Fsp3) is 0.450. The molecule has 1 fully saturated rings. The number of aryl methyl sites for hydroxylation is 1. The van der Waals surface area contributed by atoms with Crippen molar-refractivity contribution < 1.29 is 13.9 Å². The highest BCUT2D eigenvalue weighted by atomic mass is 16.5. The van der Waals surface area contributed by atoms with E-state index in [0.717, 1.165) is 19.6 Å². The standard InChI is InChI=1S/C20H26N2O3/c1-15-5-3-4-6-18(15)16-9-11-22(13-16)12-10-21-20(23)19-8-7-17(25-19)14-24-2/h3-8,16H,9-14H2,1-2H3,(H,21,23). The van der Waals surface area contributed by atoms with Crippen LogP contribution in [0.4, 0.5) is 0 Å². The second-order valence-corrected chi connectivity index (χ2v) is 6.60. The molecule has 1 amide bonds. The van der Waals surface area contributed by atoms with Crippen molar-refractivity contribution in [3.05, 3.63) is 59.0 Å². The Morgan fingerprint density at radius 2 is 2.16 bits per heavy atom. The highest BCUT2D eigenvalue weighted by Crippen LogP contribution is 2.28. The number of amides is 1. The van der Waals surface area contributed by atoms with Crippen LogP contribution in [0, 0.1) is 6.92 Å². The molecule has 5 heteroatoms. The van der Waals surface area contributed by atoms with Crippen molar-refractivity contribution in [2.75, 3.05) is 33.3 Å². The molecule has 1 N–H and O–H groups in total. The number of likely N-dealkylation sites (tertiary alicyclic amines) is 1. The van der Waals surface area contributed by atoms with Crippen LogP contribution in [-0.4, -0.2) is 44.1 Å². The van der Waals surface area contributed by atoms with Crippen LogP contribution in [0.15, 0.2) is 40.8 Å². The normalized spacial score (nSPS) is 17.8. The maximum atomic E-state index is 12.1. The number of carbonyl (C=O) groups is 1. The zero-order valence-corrected chi connectivity index (χ0v) is 15.0. The van der Waals surface area contributed by atoms with E-state index >= 15 is 0 Å². The van der Waals surface area contributed by atoms with Crippen LogP contribution in [0.5, 0.6) is 0 Å². The Bertz CT molecular complexity index is 710. The summed E-state index contributed by atoms with van der Waals surface area (Å²) in [4.78, 5) is 14.5. The minimum atomic E-state index is -0.169. The number of ether oxygens (including phenoxy) is 1. The van der Waals surface area contributed by atoms with Crippen LogP contribution in [0.3, 0.4) is 0 Å². The van der Waals surface area contributed by atoms with Gasteiger partial charge in [-0.15, -0.1) is 0 Å². The lowest BCUT2D eigenvalue weighted by molar-refractivity contribution is 0.0913. The topological polar surface area (TPSA) is 54.7 Å². The van der Waals surface area contributed by atoms with Crippen molar-refractivity contribution >= 4 is 5.91 Å². The van der Waals surface area contributed by atoms with Gasteiger partial charge in [0.2, 0.25) is 0 Å². The summed E-state index contributed by atoms with van der Waals surface area (Å²) in [6.45, 7) is 6.17. The maximum Gasteiger partial charge on any atom is 0.287 e. The molecule has 0 radical (unpaired) electrons. The number of nitrogens with one attached hydrogen (secondary N) is 1. The molecule has 1 unspecified atom stereocenters. The first-order valence-corrected chi connectivity index (χ1v) is 8.81. The van der Waals surface area contributed by atoms with Crippen LogP contribution in [0.1, 0.15) is 39.8 Å². The smallest absolute Gasteiger partial charge is 0.287 e. The third kappa shape index (κ3) is 4.50. The summed E-state index contributed by atoms with van der Waals surface area (Å²) in [5.74, 6) is 1.43. The van der Waals surface area contributed by atoms with Gasteiger partial charge in [-0.2, -0.15) is 0 Å². The van der Waals surface area contributed by atoms with Crippen LogP contribution in [-0.2, 0) is 11.3 Å². The summed E-state index contributed by atoms with van der Waals surface area (Å²) >= 11 is 0. The molecule has 2 heterocycles. The summed E-state index contributed by atoms with van der Waals surface area (Å²) in [7, 11) is 1.60. The Morgan fingerprint density at radius 1 is 1.32 bits per heavy atom. The Balaban J connectivity index is 1.43. The Morgan fingerprint density at radius 3 is 2.96 bits per heavy atom. The highest BCUT2D eigenvalue weighted by Gasteiger charge is 2.24. The molecule has 3 rings (SSSR count). The highest BCUT2D eigenvalue weighted by molar-refractivity contribution is 5.91. The molecule has 0 aliphatic carbocycles. The van der Waals surface area contributed by atoms with Crippen LogP contribution in [0.25, 0.3) is 0 Å². The first-order valence-electron chi connectivity index (χ1n) is 8.81. The van der Waals surface area contributed by atoms with Crippen molar-refractivity contribution in [3.8, 4) is 0 Å². The zero-order valence-electron chi connectivity index (χ0n) is 15.0. The quantitative estimate of drug-likeness (QED) is 0.840. The van der Waals surface area contributed by atoms with Crippen molar-refractivity contribution in [2.45, 2.75) is 25.9 Å². The van der Waals surface area contributed by atoms with E-state index < -0.39 is 0 Å². The van der Waals surface area contributed by atoms with E-state index in [1.807, 2.05) is 0 Å². The minimum absolute atomic E-state index is 0.169. The maximum absolute atomic E-state index is 12.1. The van der Waals surface area contributed by atoms with E-state index in [-0.39, 0.29) is 5.91 Å². The van der Waals surface area contributed by atoms with Gasteiger partial charge in [-0.25, -0.2) is 0 Å². The summed E-state index contributed by atoms with van der Waals surface area (Å²) in [5, 5.41) is 2.93. The molecular weight excluding hydrogens is 316 g/mol. The molecular formula is C20H26N2O3. The molecule has 1 aliphatic rings. The lowest BCUT2D eigenvalue weighted by Crippen LogP contribution is -2.33. The monoisotopic (exact) mass is 342 g/mol. The molecule has 0 saturated carbocycles. The zero-order chi connectivity index (χ0) is 17.6. The van der Waals surface area contributed by atoms with Crippen molar-refractivity contribution in [3.63, 3.8) is 0 Å². The summed E-state index contributed by atoms with van der Waals surface area (Å²) < 4.78 is 10.4. The fourth-order valence-corrected chi connectivity index (χ4v) is 3.47. The van der Waals surface area contributed by atoms with Gasteiger partial charge < -0.3 is 19.4 Å². The Labute approximate surface area is 149 Å². The van der Waals surface area contributed by atoms with E-state index in [1.54, 1.807) is 19.2 Å². The minimum Gasteiger partial charge on any atom is -0.453 e. The molecule has 1 aliphatic heterocycles. The lowest BCUT2D eigenvalue weighted by Gasteiger charge is -2.17. The largest absolute Gasteiger partial charge is 0.453 e. The van der Waals surface area contributed by atoms with Crippen LogP contribution in [0.2, 0.25) is 0 Å². The van der Waals surface area contributed by atoms with Gasteiger partial charge in [-0.3, -0.25) is 4.79 Å². The fourth-order valence-electron chi connectivity index (χ4n) is 3.47. The predicted molar refractivity (Wildman–Crippen MR) is 96.7 cm³/mol. The average molecular weight is 342 g/mol. The Kier molecular flexibility index (Phi) is 5.89. The average Bonchev–Trinajstić information content (AvgIpc) is 3.25. The Hall–Kier alpha value is -2.11. The molecule has 2 aromatic rings. The third-order valence-electron chi connectivity index (χ3n) is 4.79. The second-order valence-electron chi connectivity index (χ2n) is 6.60. The van der Waals surface area contributed by atoms with E-state index in [1.165, 1.54) is 17.5 Å². The number of benzene rings is 1. The van der Waals surface area contributed by atoms with Crippen molar-refractivity contribution in [1.29, 1.82) is 0 Å². The number of furan rings is 1. The van der Waals surface area contributed by atoms with E-state index in [4.69, 9.17) is 9.15 Å². The molecule has 134 valence electrons. The van der Waals surface area contributed by atoms with Gasteiger partial charge in [0.05, 0.1) is 0 Å². The van der Waals surface area contributed by atoms with Gasteiger partial charge in [0.25, 0.3) is 5.91 Å². The third-order valence-corrected chi connectivity index (χ3v) is 4.79. The van der Waals surface area contributed by atoms with Gasteiger partial charge in [0.1, 0.15) is 12.4 Å². The summed E-state index contributed by atoms with van der Waals surface area (Å²) in [5.41, 5.74) is 2.82. The van der Waals surface area contributed by atoms with E-state index in [0.29, 0.717) is 30.6 Å². The van der Waals surface area contributed by atoms with Gasteiger partial charge in [-0.05, 0) is 49.1 Å². The molecule has 5 nitrogen and oxygen atoms in total. The number of hydrogen-bond donors (Lipinski definition) is 1.